The quantitative estimate of drug-likeness (QED) is 0.434. The molecular formula is C9H14N2O6. The molecule has 0 aliphatic carbocycles. The fourth-order valence-electron chi connectivity index (χ4n) is 0.993. The van der Waals surface area contributed by atoms with Crippen molar-refractivity contribution in [3.8, 4) is 0 Å². The summed E-state index contributed by atoms with van der Waals surface area (Å²) in [5.74, 6) is -3.68. The van der Waals surface area contributed by atoms with Crippen molar-refractivity contribution in [2.45, 2.75) is 25.8 Å². The van der Waals surface area contributed by atoms with E-state index in [2.05, 4.69) is 10.6 Å². The first kappa shape index (κ1) is 14.9. The Balaban J connectivity index is 4.08. The van der Waals surface area contributed by atoms with Crippen LogP contribution in [0.5, 0.6) is 0 Å². The fraction of sp³-hybridized carbons (Fsp3) is 0.556. The molecule has 1 atom stereocenters. The second kappa shape index (κ2) is 7.20. The number of carbonyl (C=O) groups is 4. The zero-order chi connectivity index (χ0) is 13.4. The molecule has 0 aromatic heterocycles. The Labute approximate surface area is 97.0 Å². The lowest BCUT2D eigenvalue weighted by molar-refractivity contribution is -0.147. The van der Waals surface area contributed by atoms with Gasteiger partial charge in [0, 0.05) is 19.9 Å². The first-order chi connectivity index (χ1) is 7.82. The summed E-state index contributed by atoms with van der Waals surface area (Å²) in [5.41, 5.74) is 0. The molecule has 0 aliphatic rings. The van der Waals surface area contributed by atoms with Crippen LogP contribution in [0.15, 0.2) is 0 Å². The van der Waals surface area contributed by atoms with Crippen LogP contribution in [-0.4, -0.2) is 46.6 Å². The van der Waals surface area contributed by atoms with E-state index in [9.17, 15) is 19.2 Å². The van der Waals surface area contributed by atoms with Crippen molar-refractivity contribution in [2.24, 2.45) is 0 Å². The maximum absolute atomic E-state index is 11.2. The molecule has 0 radical (unpaired) electrons. The normalized spacial score (nSPS) is 11.4. The molecule has 8 heteroatoms. The van der Waals surface area contributed by atoms with E-state index in [1.807, 2.05) is 0 Å². The summed E-state index contributed by atoms with van der Waals surface area (Å²) in [7, 11) is 0. The van der Waals surface area contributed by atoms with Crippen LogP contribution in [0.4, 0.5) is 0 Å². The number of amides is 2. The molecular weight excluding hydrogens is 232 g/mol. The molecule has 0 saturated carbocycles. The Morgan fingerprint density at radius 2 is 1.76 bits per heavy atom. The summed E-state index contributed by atoms with van der Waals surface area (Å²) in [5, 5.41) is 21.5. The zero-order valence-electron chi connectivity index (χ0n) is 9.23. The van der Waals surface area contributed by atoms with Gasteiger partial charge in [0.2, 0.25) is 11.8 Å². The lowest BCUT2D eigenvalue weighted by Crippen LogP contribution is -2.43. The van der Waals surface area contributed by atoms with Crippen LogP contribution in [0, 0.1) is 0 Å². The molecule has 4 N–H and O–H groups in total. The van der Waals surface area contributed by atoms with Gasteiger partial charge >= 0.3 is 11.9 Å². The maximum Gasteiger partial charge on any atom is 0.326 e. The summed E-state index contributed by atoms with van der Waals surface area (Å²) in [6.45, 7) is 1.35. The molecule has 0 saturated heterocycles. The van der Waals surface area contributed by atoms with E-state index in [-0.39, 0.29) is 18.9 Å². The summed E-state index contributed by atoms with van der Waals surface area (Å²) in [6, 6.07) is -1.46. The van der Waals surface area contributed by atoms with Gasteiger partial charge in [0.25, 0.3) is 0 Å². The number of hydrogen-bond donors (Lipinski definition) is 4. The number of carbonyl (C=O) groups excluding carboxylic acids is 2. The average molecular weight is 246 g/mol. The molecule has 0 bridgehead atoms. The third-order valence-electron chi connectivity index (χ3n) is 1.74. The van der Waals surface area contributed by atoms with Gasteiger partial charge in [0.05, 0.1) is 6.42 Å². The fourth-order valence-corrected chi connectivity index (χ4v) is 0.993. The van der Waals surface area contributed by atoms with E-state index in [1.54, 1.807) is 0 Å². The summed E-state index contributed by atoms with van der Waals surface area (Å²) in [4.78, 5) is 42.6. The Hall–Kier alpha value is -2.12. The van der Waals surface area contributed by atoms with Gasteiger partial charge in [0.1, 0.15) is 6.04 Å². The van der Waals surface area contributed by atoms with Crippen LogP contribution in [0.3, 0.4) is 0 Å². The van der Waals surface area contributed by atoms with Crippen molar-refractivity contribution >= 4 is 23.8 Å². The highest BCUT2D eigenvalue weighted by Crippen LogP contribution is 1.93. The van der Waals surface area contributed by atoms with Gasteiger partial charge in [-0.3, -0.25) is 14.4 Å². The predicted molar refractivity (Wildman–Crippen MR) is 55.1 cm³/mol. The Bertz CT molecular complexity index is 327. The SMILES string of the molecule is CC(=O)NCCC(=O)NC(CC(=O)O)C(=O)O. The molecule has 1 unspecified atom stereocenters. The van der Waals surface area contributed by atoms with Crippen LogP contribution in [0.2, 0.25) is 0 Å². The molecule has 0 aromatic carbocycles. The number of carboxylic acid groups (broad SMARTS) is 2. The Morgan fingerprint density at radius 1 is 1.18 bits per heavy atom. The predicted octanol–water partition coefficient (Wildman–Crippen LogP) is -1.44. The number of rotatable bonds is 7. The molecule has 0 fully saturated rings. The minimum Gasteiger partial charge on any atom is -0.481 e. The summed E-state index contributed by atoms with van der Waals surface area (Å²) >= 11 is 0. The van der Waals surface area contributed by atoms with Crippen LogP contribution in [0.1, 0.15) is 19.8 Å². The molecule has 17 heavy (non-hydrogen) atoms. The maximum atomic E-state index is 11.2. The van der Waals surface area contributed by atoms with E-state index in [1.165, 1.54) is 6.92 Å². The number of aliphatic carboxylic acids is 2. The minimum atomic E-state index is -1.46. The molecule has 2 amide bonds. The molecule has 96 valence electrons. The lowest BCUT2D eigenvalue weighted by atomic mass is 10.2. The summed E-state index contributed by atoms with van der Waals surface area (Å²) in [6.07, 6.45) is -0.801. The third-order valence-corrected chi connectivity index (χ3v) is 1.74. The van der Waals surface area contributed by atoms with E-state index >= 15 is 0 Å². The number of nitrogens with one attached hydrogen (secondary N) is 2. The smallest absolute Gasteiger partial charge is 0.326 e. The Morgan fingerprint density at radius 3 is 2.18 bits per heavy atom. The van der Waals surface area contributed by atoms with Crippen molar-refractivity contribution in [3.63, 3.8) is 0 Å². The second-order valence-corrected chi connectivity index (χ2v) is 3.29. The van der Waals surface area contributed by atoms with Crippen LogP contribution < -0.4 is 10.6 Å². The summed E-state index contributed by atoms with van der Waals surface area (Å²) < 4.78 is 0. The van der Waals surface area contributed by atoms with Gasteiger partial charge in [-0.25, -0.2) is 4.79 Å². The highest BCUT2D eigenvalue weighted by molar-refractivity contribution is 5.87. The largest absolute Gasteiger partial charge is 0.481 e. The second-order valence-electron chi connectivity index (χ2n) is 3.29. The van der Waals surface area contributed by atoms with Crippen LogP contribution in [0.25, 0.3) is 0 Å². The molecule has 0 spiro atoms. The average Bonchev–Trinajstić information content (AvgIpc) is 2.15. The van der Waals surface area contributed by atoms with Gasteiger partial charge in [0.15, 0.2) is 0 Å². The van der Waals surface area contributed by atoms with Gasteiger partial charge < -0.3 is 20.8 Å². The molecule has 8 nitrogen and oxygen atoms in total. The van der Waals surface area contributed by atoms with E-state index < -0.39 is 30.3 Å². The standard InChI is InChI=1S/C9H14N2O6/c1-5(12)10-3-2-7(13)11-6(9(16)17)4-8(14)15/h6H,2-4H2,1H3,(H,10,12)(H,11,13)(H,14,15)(H,16,17). The van der Waals surface area contributed by atoms with Gasteiger partial charge in [-0.15, -0.1) is 0 Å². The van der Waals surface area contributed by atoms with Gasteiger partial charge in [-0.2, -0.15) is 0 Å². The van der Waals surface area contributed by atoms with Crippen molar-refractivity contribution in [1.29, 1.82) is 0 Å². The number of carboxylic acids is 2. The molecule has 0 aliphatic heterocycles. The lowest BCUT2D eigenvalue weighted by Gasteiger charge is -2.12. The van der Waals surface area contributed by atoms with Crippen LogP contribution in [-0.2, 0) is 19.2 Å². The Kier molecular flexibility index (Phi) is 6.30. The highest BCUT2D eigenvalue weighted by atomic mass is 16.4. The number of hydrogen-bond acceptors (Lipinski definition) is 4. The highest BCUT2D eigenvalue weighted by Gasteiger charge is 2.22. The van der Waals surface area contributed by atoms with Crippen molar-refractivity contribution in [1.82, 2.24) is 10.6 Å². The van der Waals surface area contributed by atoms with Crippen molar-refractivity contribution in [3.05, 3.63) is 0 Å². The van der Waals surface area contributed by atoms with Crippen molar-refractivity contribution in [2.75, 3.05) is 6.54 Å². The van der Waals surface area contributed by atoms with E-state index in [4.69, 9.17) is 10.2 Å². The topological polar surface area (TPSA) is 133 Å². The van der Waals surface area contributed by atoms with E-state index in [0.717, 1.165) is 0 Å². The molecule has 0 rings (SSSR count). The third kappa shape index (κ3) is 7.77. The van der Waals surface area contributed by atoms with Gasteiger partial charge in [-0.1, -0.05) is 0 Å². The zero-order valence-corrected chi connectivity index (χ0v) is 9.23. The molecule has 0 heterocycles. The first-order valence-electron chi connectivity index (χ1n) is 4.81. The molecule has 0 aromatic rings. The van der Waals surface area contributed by atoms with Crippen molar-refractivity contribution < 1.29 is 29.4 Å². The van der Waals surface area contributed by atoms with Crippen LogP contribution >= 0.6 is 0 Å². The minimum absolute atomic E-state index is 0.0700. The monoisotopic (exact) mass is 246 g/mol. The first-order valence-corrected chi connectivity index (χ1v) is 4.81. The van der Waals surface area contributed by atoms with Gasteiger partial charge in [-0.05, 0) is 0 Å². The van der Waals surface area contributed by atoms with E-state index in [0.29, 0.717) is 0 Å².